The van der Waals surface area contributed by atoms with E-state index in [0.29, 0.717) is 39.3 Å². The predicted octanol–water partition coefficient (Wildman–Crippen LogP) is 0.888. The molecule has 0 bridgehead atoms. The maximum Gasteiger partial charge on any atom is 0.320 e. The normalized spacial score (nSPS) is 21.6. The molecule has 1 N–H and O–H groups in total. The number of ether oxygens (including phenoxy) is 2. The smallest absolute Gasteiger partial charge is 0.320 e. The van der Waals surface area contributed by atoms with Crippen LogP contribution in [0.25, 0.3) is 0 Å². The first kappa shape index (κ1) is 17.7. The van der Waals surface area contributed by atoms with Gasteiger partial charge in [-0.3, -0.25) is 4.79 Å². The molecule has 1 atom stereocenters. The molecule has 0 spiro atoms. The van der Waals surface area contributed by atoms with Crippen LogP contribution in [0.3, 0.4) is 0 Å². The summed E-state index contributed by atoms with van der Waals surface area (Å²) in [5, 5.41) is 9.24. The van der Waals surface area contributed by atoms with Gasteiger partial charge in [0.15, 0.2) is 0 Å². The van der Waals surface area contributed by atoms with Crippen LogP contribution in [0.15, 0.2) is 0 Å². The molecule has 0 radical (unpaired) electrons. The molecule has 1 aliphatic heterocycles. The van der Waals surface area contributed by atoms with Gasteiger partial charge in [0.05, 0.1) is 12.0 Å². The molecule has 0 aromatic rings. The molecule has 1 aliphatic rings. The predicted molar refractivity (Wildman–Crippen MR) is 77.3 cm³/mol. The Morgan fingerprint density at radius 3 is 2.43 bits per heavy atom. The summed E-state index contributed by atoms with van der Waals surface area (Å²) in [6.07, 6.45) is 1.24. The van der Waals surface area contributed by atoms with E-state index in [-0.39, 0.29) is 12.6 Å². The molecular formula is C14H26N2O5. The monoisotopic (exact) mass is 302 g/mol. The summed E-state index contributed by atoms with van der Waals surface area (Å²) >= 11 is 0. The van der Waals surface area contributed by atoms with Gasteiger partial charge in [0, 0.05) is 47.0 Å². The molecule has 122 valence electrons. The second kappa shape index (κ2) is 8.19. The van der Waals surface area contributed by atoms with Crippen LogP contribution in [0.4, 0.5) is 4.79 Å². The van der Waals surface area contributed by atoms with E-state index in [1.54, 1.807) is 30.9 Å². The molecule has 7 nitrogen and oxygen atoms in total. The molecule has 2 amide bonds. The van der Waals surface area contributed by atoms with E-state index in [2.05, 4.69) is 0 Å². The van der Waals surface area contributed by atoms with Crippen molar-refractivity contribution in [2.24, 2.45) is 5.41 Å². The molecule has 7 heteroatoms. The number of carboxylic acids is 1. The number of hydrogen-bond acceptors (Lipinski definition) is 4. The summed E-state index contributed by atoms with van der Waals surface area (Å²) in [7, 11) is 3.22. The molecule has 0 aliphatic carbocycles. The maximum atomic E-state index is 12.5. The summed E-state index contributed by atoms with van der Waals surface area (Å²) < 4.78 is 10.0. The van der Waals surface area contributed by atoms with Gasteiger partial charge in [-0.2, -0.15) is 0 Å². The second-order valence-electron chi connectivity index (χ2n) is 5.65. The lowest BCUT2D eigenvalue weighted by Gasteiger charge is -2.28. The number of urea groups is 1. The number of methoxy groups -OCH3 is 2. The quantitative estimate of drug-likeness (QED) is 0.674. The lowest BCUT2D eigenvalue weighted by molar-refractivity contribution is -0.147. The zero-order valence-electron chi connectivity index (χ0n) is 13.1. The van der Waals surface area contributed by atoms with Crippen molar-refractivity contribution in [3.05, 3.63) is 0 Å². The van der Waals surface area contributed by atoms with E-state index in [0.717, 1.165) is 6.42 Å². The van der Waals surface area contributed by atoms with Crippen molar-refractivity contribution >= 4 is 12.0 Å². The highest BCUT2D eigenvalue weighted by Crippen LogP contribution is 2.30. The van der Waals surface area contributed by atoms with E-state index in [9.17, 15) is 14.7 Å². The molecule has 0 aromatic carbocycles. The summed E-state index contributed by atoms with van der Waals surface area (Å²) in [5.74, 6) is -0.847. The van der Waals surface area contributed by atoms with Gasteiger partial charge in [-0.25, -0.2) is 4.79 Å². The molecule has 1 unspecified atom stereocenters. The zero-order chi connectivity index (χ0) is 15.9. The number of rotatable bonds is 8. The molecule has 0 saturated carbocycles. The standard InChI is InChI=1S/C14H26N2O5/c1-14(12(17)18)5-7-16(11-14)13(19)15(8-10-21-3)6-4-9-20-2/h4-11H2,1-3H3,(H,17,18). The first-order chi connectivity index (χ1) is 9.94. The highest BCUT2D eigenvalue weighted by Gasteiger charge is 2.42. The van der Waals surface area contributed by atoms with Gasteiger partial charge in [0.1, 0.15) is 0 Å². The number of aliphatic carboxylic acids is 1. The van der Waals surface area contributed by atoms with E-state index in [1.807, 2.05) is 0 Å². The second-order valence-corrected chi connectivity index (χ2v) is 5.65. The van der Waals surface area contributed by atoms with Crippen molar-refractivity contribution in [1.82, 2.24) is 9.80 Å². The number of hydrogen-bond donors (Lipinski definition) is 1. The Morgan fingerprint density at radius 1 is 1.24 bits per heavy atom. The molecular weight excluding hydrogens is 276 g/mol. The summed E-state index contributed by atoms with van der Waals surface area (Å²) in [6, 6.07) is -0.117. The summed E-state index contributed by atoms with van der Waals surface area (Å²) in [4.78, 5) is 27.1. The lowest BCUT2D eigenvalue weighted by Crippen LogP contribution is -2.45. The van der Waals surface area contributed by atoms with E-state index in [4.69, 9.17) is 9.47 Å². The van der Waals surface area contributed by atoms with Crippen molar-refractivity contribution in [3.8, 4) is 0 Å². The Kier molecular flexibility index (Phi) is 6.91. The van der Waals surface area contributed by atoms with Crippen LogP contribution in [0.1, 0.15) is 19.8 Å². The number of nitrogens with zero attached hydrogens (tertiary/aromatic N) is 2. The fourth-order valence-electron chi connectivity index (χ4n) is 2.40. The Morgan fingerprint density at radius 2 is 1.90 bits per heavy atom. The number of likely N-dealkylation sites (tertiary alicyclic amines) is 1. The Hall–Kier alpha value is -1.34. The minimum Gasteiger partial charge on any atom is -0.481 e. The van der Waals surface area contributed by atoms with Crippen LogP contribution >= 0.6 is 0 Å². The largest absolute Gasteiger partial charge is 0.481 e. The Bertz CT molecular complexity index is 363. The maximum absolute atomic E-state index is 12.5. The number of carbonyl (C=O) groups is 2. The third-order valence-corrected chi connectivity index (χ3v) is 3.87. The van der Waals surface area contributed by atoms with Crippen LogP contribution in [-0.2, 0) is 14.3 Å². The van der Waals surface area contributed by atoms with Gasteiger partial charge in [0.25, 0.3) is 0 Å². The van der Waals surface area contributed by atoms with E-state index < -0.39 is 11.4 Å². The van der Waals surface area contributed by atoms with Crippen LogP contribution in [0, 0.1) is 5.41 Å². The first-order valence-corrected chi connectivity index (χ1v) is 7.19. The molecule has 21 heavy (non-hydrogen) atoms. The summed E-state index contributed by atoms with van der Waals surface area (Å²) in [5.41, 5.74) is -0.838. The molecule has 0 aromatic heterocycles. The third-order valence-electron chi connectivity index (χ3n) is 3.87. The van der Waals surface area contributed by atoms with Crippen LogP contribution < -0.4 is 0 Å². The topological polar surface area (TPSA) is 79.3 Å². The van der Waals surface area contributed by atoms with Crippen molar-refractivity contribution in [1.29, 1.82) is 0 Å². The fraction of sp³-hybridized carbons (Fsp3) is 0.857. The lowest BCUT2D eigenvalue weighted by atomic mass is 9.90. The SMILES string of the molecule is COCCCN(CCOC)C(=O)N1CCC(C)(C(=O)O)C1. The molecule has 1 heterocycles. The Labute approximate surface area is 125 Å². The number of carboxylic acid groups (broad SMARTS) is 1. The van der Waals surface area contributed by atoms with Crippen molar-refractivity contribution in [2.45, 2.75) is 19.8 Å². The highest BCUT2D eigenvalue weighted by atomic mass is 16.5. The number of amides is 2. The van der Waals surface area contributed by atoms with Gasteiger partial charge in [0.2, 0.25) is 0 Å². The minimum atomic E-state index is -0.847. The highest BCUT2D eigenvalue weighted by molar-refractivity contribution is 5.79. The average molecular weight is 302 g/mol. The molecule has 1 saturated heterocycles. The van der Waals surface area contributed by atoms with Crippen molar-refractivity contribution < 1.29 is 24.2 Å². The summed E-state index contributed by atoms with van der Waals surface area (Å²) in [6.45, 7) is 4.55. The van der Waals surface area contributed by atoms with Gasteiger partial charge < -0.3 is 24.4 Å². The third kappa shape index (κ3) is 4.86. The van der Waals surface area contributed by atoms with Crippen molar-refractivity contribution in [2.75, 3.05) is 53.6 Å². The van der Waals surface area contributed by atoms with E-state index in [1.165, 1.54) is 0 Å². The molecule has 1 rings (SSSR count). The average Bonchev–Trinajstić information content (AvgIpc) is 2.86. The molecule has 1 fully saturated rings. The van der Waals surface area contributed by atoms with Crippen molar-refractivity contribution in [3.63, 3.8) is 0 Å². The van der Waals surface area contributed by atoms with Crippen LogP contribution in [-0.4, -0.2) is 80.5 Å². The van der Waals surface area contributed by atoms with Gasteiger partial charge in [-0.15, -0.1) is 0 Å². The van der Waals surface area contributed by atoms with Gasteiger partial charge in [-0.1, -0.05) is 0 Å². The Balaban J connectivity index is 2.61. The fourth-order valence-corrected chi connectivity index (χ4v) is 2.40. The first-order valence-electron chi connectivity index (χ1n) is 7.19. The van der Waals surface area contributed by atoms with Crippen LogP contribution in [0.2, 0.25) is 0 Å². The zero-order valence-corrected chi connectivity index (χ0v) is 13.1. The van der Waals surface area contributed by atoms with Gasteiger partial charge in [-0.05, 0) is 19.8 Å². The van der Waals surface area contributed by atoms with Crippen LogP contribution in [0.5, 0.6) is 0 Å². The van der Waals surface area contributed by atoms with Gasteiger partial charge >= 0.3 is 12.0 Å². The van der Waals surface area contributed by atoms with E-state index >= 15 is 0 Å². The minimum absolute atomic E-state index is 0.117. The number of carbonyl (C=O) groups excluding carboxylic acids is 1.